The highest BCUT2D eigenvalue weighted by Crippen LogP contribution is 2.42. The zero-order valence-corrected chi connectivity index (χ0v) is 17.4. The van der Waals surface area contributed by atoms with Crippen molar-refractivity contribution in [3.63, 3.8) is 0 Å². The van der Waals surface area contributed by atoms with Gasteiger partial charge >= 0.3 is 0 Å². The highest BCUT2D eigenvalue weighted by molar-refractivity contribution is 5.95. The number of amides is 2. The molecule has 4 rings (SSSR count). The summed E-state index contributed by atoms with van der Waals surface area (Å²) < 4.78 is 5.61. The van der Waals surface area contributed by atoms with Crippen LogP contribution in [0.1, 0.15) is 35.2 Å². The summed E-state index contributed by atoms with van der Waals surface area (Å²) in [6.07, 6.45) is 0.808. The monoisotopic (exact) mass is 407 g/mol. The molecule has 2 aromatic rings. The van der Waals surface area contributed by atoms with Crippen LogP contribution in [0.15, 0.2) is 54.6 Å². The van der Waals surface area contributed by atoms with Gasteiger partial charge in [0, 0.05) is 56.5 Å². The molecule has 3 atom stereocenters. The smallest absolute Gasteiger partial charge is 0.254 e. The van der Waals surface area contributed by atoms with Crippen molar-refractivity contribution in [3.05, 3.63) is 65.7 Å². The third-order valence-corrected chi connectivity index (χ3v) is 6.33. The lowest BCUT2D eigenvalue weighted by molar-refractivity contribution is -0.131. The third kappa shape index (κ3) is 4.05. The van der Waals surface area contributed by atoms with Crippen LogP contribution in [0.2, 0.25) is 0 Å². The first kappa shape index (κ1) is 20.4. The van der Waals surface area contributed by atoms with Gasteiger partial charge in [-0.1, -0.05) is 36.4 Å². The van der Waals surface area contributed by atoms with Crippen LogP contribution in [0, 0.1) is 5.92 Å². The van der Waals surface area contributed by atoms with Crippen molar-refractivity contribution < 1.29 is 14.3 Å². The second kappa shape index (κ2) is 8.88. The Morgan fingerprint density at radius 1 is 1.10 bits per heavy atom. The number of carbonyl (C=O) groups is 2. The van der Waals surface area contributed by atoms with Crippen molar-refractivity contribution in [3.8, 4) is 5.75 Å². The molecule has 2 saturated heterocycles. The topological polar surface area (TPSA) is 75.9 Å². The van der Waals surface area contributed by atoms with Crippen LogP contribution in [0.3, 0.4) is 0 Å². The highest BCUT2D eigenvalue weighted by atomic mass is 16.5. The summed E-state index contributed by atoms with van der Waals surface area (Å²) in [5.74, 6) is 1.25. The molecule has 30 heavy (non-hydrogen) atoms. The number of nitrogens with zero attached hydrogens (tertiary/aromatic N) is 2. The SMILES string of the molecule is CC(=O)N1CC[C@@H]2[C@H](C1)[C@@H](c1ccccc1)CN2C(=O)c1cccc(OCCN)c1. The minimum Gasteiger partial charge on any atom is -0.492 e. The van der Waals surface area contributed by atoms with Crippen molar-refractivity contribution >= 4 is 11.8 Å². The van der Waals surface area contributed by atoms with Gasteiger partial charge in [0.25, 0.3) is 5.91 Å². The van der Waals surface area contributed by atoms with Gasteiger partial charge in [-0.2, -0.15) is 0 Å². The Kier molecular flexibility index (Phi) is 6.04. The number of benzene rings is 2. The molecule has 2 heterocycles. The van der Waals surface area contributed by atoms with E-state index < -0.39 is 0 Å². The second-order valence-corrected chi connectivity index (χ2v) is 8.12. The van der Waals surface area contributed by atoms with Crippen molar-refractivity contribution in [1.29, 1.82) is 0 Å². The fourth-order valence-electron chi connectivity index (χ4n) is 4.87. The molecule has 6 nitrogen and oxygen atoms in total. The number of likely N-dealkylation sites (tertiary alicyclic amines) is 2. The highest BCUT2D eigenvalue weighted by Gasteiger charge is 2.47. The van der Waals surface area contributed by atoms with Crippen LogP contribution in [0.5, 0.6) is 5.75 Å². The van der Waals surface area contributed by atoms with Gasteiger partial charge in [-0.15, -0.1) is 0 Å². The van der Waals surface area contributed by atoms with E-state index in [1.807, 2.05) is 46.2 Å². The van der Waals surface area contributed by atoms with Crippen LogP contribution in [0.4, 0.5) is 0 Å². The Morgan fingerprint density at radius 2 is 1.90 bits per heavy atom. The molecular formula is C24H29N3O3. The minimum absolute atomic E-state index is 0.0258. The number of ether oxygens (including phenoxy) is 1. The Morgan fingerprint density at radius 3 is 2.63 bits per heavy atom. The van der Waals surface area contributed by atoms with Gasteiger partial charge in [0.05, 0.1) is 0 Å². The van der Waals surface area contributed by atoms with Crippen molar-refractivity contribution in [1.82, 2.24) is 9.80 Å². The van der Waals surface area contributed by atoms with Gasteiger partial charge in [-0.3, -0.25) is 9.59 Å². The minimum atomic E-state index is 0.0258. The molecule has 2 amide bonds. The van der Waals surface area contributed by atoms with Crippen LogP contribution >= 0.6 is 0 Å². The fraction of sp³-hybridized carbons (Fsp3) is 0.417. The molecule has 2 aliphatic rings. The molecule has 6 heteroatoms. The van der Waals surface area contributed by atoms with E-state index in [2.05, 4.69) is 12.1 Å². The van der Waals surface area contributed by atoms with E-state index in [-0.39, 0.29) is 29.7 Å². The maximum atomic E-state index is 13.5. The first-order chi connectivity index (χ1) is 14.6. The average Bonchev–Trinajstić information content (AvgIpc) is 3.17. The Hall–Kier alpha value is -2.86. The summed E-state index contributed by atoms with van der Waals surface area (Å²) in [5, 5.41) is 0. The number of fused-ring (bicyclic) bond motifs is 1. The molecule has 0 unspecified atom stereocenters. The molecule has 2 aromatic carbocycles. The normalized spacial score (nSPS) is 23.2. The van der Waals surface area contributed by atoms with Crippen LogP contribution in [-0.2, 0) is 4.79 Å². The number of piperidine rings is 1. The number of nitrogens with two attached hydrogens (primary N) is 1. The van der Waals surface area contributed by atoms with E-state index in [4.69, 9.17) is 10.5 Å². The Balaban J connectivity index is 1.60. The van der Waals surface area contributed by atoms with Crippen LogP contribution in [-0.4, -0.2) is 60.4 Å². The summed E-state index contributed by atoms with van der Waals surface area (Å²) in [6, 6.07) is 17.8. The lowest BCUT2D eigenvalue weighted by Crippen LogP contribution is -2.49. The molecule has 0 spiro atoms. The molecule has 0 aliphatic carbocycles. The number of hydrogen-bond donors (Lipinski definition) is 1. The molecular weight excluding hydrogens is 378 g/mol. The maximum Gasteiger partial charge on any atom is 0.254 e. The largest absolute Gasteiger partial charge is 0.492 e. The molecule has 2 N–H and O–H groups in total. The fourth-order valence-corrected chi connectivity index (χ4v) is 4.87. The average molecular weight is 408 g/mol. The Labute approximate surface area is 177 Å². The zero-order valence-electron chi connectivity index (χ0n) is 17.4. The van der Waals surface area contributed by atoms with Crippen LogP contribution < -0.4 is 10.5 Å². The summed E-state index contributed by atoms with van der Waals surface area (Å²) in [6.45, 7) is 4.54. The van der Waals surface area contributed by atoms with Gasteiger partial charge in [0.15, 0.2) is 0 Å². The second-order valence-electron chi connectivity index (χ2n) is 8.12. The van der Waals surface area contributed by atoms with Gasteiger partial charge < -0.3 is 20.3 Å². The quantitative estimate of drug-likeness (QED) is 0.826. The number of carbonyl (C=O) groups excluding carboxylic acids is 2. The third-order valence-electron chi connectivity index (χ3n) is 6.33. The van der Waals surface area contributed by atoms with Gasteiger partial charge in [0.1, 0.15) is 12.4 Å². The molecule has 0 aromatic heterocycles. The van der Waals surface area contributed by atoms with Gasteiger partial charge in [0.2, 0.25) is 5.91 Å². The summed E-state index contributed by atoms with van der Waals surface area (Å²) in [5.41, 5.74) is 7.38. The predicted molar refractivity (Wildman–Crippen MR) is 115 cm³/mol. The first-order valence-corrected chi connectivity index (χ1v) is 10.6. The lowest BCUT2D eigenvalue weighted by Gasteiger charge is -2.38. The number of rotatable bonds is 5. The molecule has 2 aliphatic heterocycles. The van der Waals surface area contributed by atoms with Crippen LogP contribution in [0.25, 0.3) is 0 Å². The van der Waals surface area contributed by atoms with Crippen molar-refractivity contribution in [2.75, 3.05) is 32.8 Å². The standard InChI is InChI=1S/C24H29N3O3/c1-17(28)26-12-10-23-22(15-26)21(18-6-3-2-4-7-18)16-27(23)24(29)19-8-5-9-20(14-19)30-13-11-25/h2-9,14,21-23H,10-13,15-16,25H2,1H3/t21-,22-,23-/m1/s1. The number of hydrogen-bond acceptors (Lipinski definition) is 4. The molecule has 0 radical (unpaired) electrons. The maximum absolute atomic E-state index is 13.5. The zero-order chi connectivity index (χ0) is 21.1. The summed E-state index contributed by atoms with van der Waals surface area (Å²) in [4.78, 5) is 29.4. The summed E-state index contributed by atoms with van der Waals surface area (Å²) >= 11 is 0. The van der Waals surface area contributed by atoms with E-state index >= 15 is 0 Å². The van der Waals surface area contributed by atoms with Crippen molar-refractivity contribution in [2.24, 2.45) is 11.7 Å². The van der Waals surface area contributed by atoms with E-state index in [0.717, 1.165) is 6.42 Å². The molecule has 158 valence electrons. The lowest BCUT2D eigenvalue weighted by atomic mass is 9.82. The first-order valence-electron chi connectivity index (χ1n) is 10.6. The predicted octanol–water partition coefficient (Wildman–Crippen LogP) is 2.50. The van der Waals surface area contributed by atoms with Gasteiger partial charge in [-0.25, -0.2) is 0 Å². The van der Waals surface area contributed by atoms with Gasteiger partial charge in [-0.05, 0) is 30.2 Å². The Bertz CT molecular complexity index is 902. The molecule has 0 bridgehead atoms. The van der Waals surface area contributed by atoms with Crippen molar-refractivity contribution in [2.45, 2.75) is 25.3 Å². The summed E-state index contributed by atoms with van der Waals surface area (Å²) in [7, 11) is 0. The van der Waals surface area contributed by atoms with E-state index in [1.54, 1.807) is 13.0 Å². The molecule has 2 fully saturated rings. The van der Waals surface area contributed by atoms with E-state index in [9.17, 15) is 9.59 Å². The van der Waals surface area contributed by atoms with E-state index in [1.165, 1.54) is 5.56 Å². The van der Waals surface area contributed by atoms with E-state index in [0.29, 0.717) is 44.1 Å². The molecule has 0 saturated carbocycles.